The van der Waals surface area contributed by atoms with Gasteiger partial charge in [-0.1, -0.05) is 36.7 Å². The zero-order chi connectivity index (χ0) is 12.0. The maximum absolute atomic E-state index is 11.8. The molecule has 0 aliphatic heterocycles. The van der Waals surface area contributed by atoms with Crippen LogP contribution in [0.25, 0.3) is 0 Å². The monoisotopic (exact) mass is 258 g/mol. The van der Waals surface area contributed by atoms with E-state index in [0.29, 0.717) is 11.6 Å². The number of hydrogen-bond acceptors (Lipinski definition) is 3. The van der Waals surface area contributed by atoms with Crippen molar-refractivity contribution in [3.8, 4) is 0 Å². The molecule has 0 unspecified atom stereocenters. The van der Waals surface area contributed by atoms with Crippen LogP contribution in [0.3, 0.4) is 0 Å². The summed E-state index contributed by atoms with van der Waals surface area (Å²) in [7, 11) is 0. The lowest BCUT2D eigenvalue weighted by Crippen LogP contribution is -2.13. The van der Waals surface area contributed by atoms with Crippen molar-refractivity contribution in [1.29, 1.82) is 0 Å². The van der Waals surface area contributed by atoms with E-state index >= 15 is 0 Å². The molecule has 16 heavy (non-hydrogen) atoms. The molecule has 1 rings (SSSR count). The quantitative estimate of drug-likeness (QED) is 0.754. The average Bonchev–Trinajstić information content (AvgIpc) is 2.27. The molecule has 0 aliphatic rings. The van der Waals surface area contributed by atoms with E-state index in [1.165, 1.54) is 11.8 Å². The summed E-state index contributed by atoms with van der Waals surface area (Å²) in [6.07, 6.45) is 0. The van der Waals surface area contributed by atoms with Gasteiger partial charge in [0.05, 0.1) is 6.61 Å². The standard InChI is InChI=1S/C12H15ClO2S/c1-3-15-12(14)11(16-4-2)9-7-5-6-8-10(9)13/h5-8,11H,3-4H2,1-2H3/t11-/m0/s1. The number of carbonyl (C=O) groups excluding carboxylic acids is 1. The predicted molar refractivity (Wildman–Crippen MR) is 69.0 cm³/mol. The summed E-state index contributed by atoms with van der Waals surface area (Å²) in [5.74, 6) is 0.622. The highest BCUT2D eigenvalue weighted by molar-refractivity contribution is 8.00. The number of thioether (sulfide) groups is 1. The summed E-state index contributed by atoms with van der Waals surface area (Å²) in [5.41, 5.74) is 0.828. The molecule has 0 amide bonds. The highest BCUT2D eigenvalue weighted by Gasteiger charge is 2.23. The normalized spacial score (nSPS) is 12.2. The van der Waals surface area contributed by atoms with Crippen molar-refractivity contribution < 1.29 is 9.53 Å². The number of halogens is 1. The number of ether oxygens (including phenoxy) is 1. The Morgan fingerprint density at radius 1 is 1.44 bits per heavy atom. The molecule has 0 bridgehead atoms. The van der Waals surface area contributed by atoms with Crippen LogP contribution >= 0.6 is 23.4 Å². The molecule has 1 aromatic carbocycles. The van der Waals surface area contributed by atoms with Crippen molar-refractivity contribution in [2.24, 2.45) is 0 Å². The highest BCUT2D eigenvalue weighted by atomic mass is 35.5. The molecule has 88 valence electrons. The molecule has 1 atom stereocenters. The summed E-state index contributed by atoms with van der Waals surface area (Å²) < 4.78 is 5.05. The van der Waals surface area contributed by atoms with Crippen LogP contribution in [0.1, 0.15) is 24.7 Å². The molecule has 0 saturated carbocycles. The first-order valence-corrected chi connectivity index (χ1v) is 6.66. The Hall–Kier alpha value is -0.670. The summed E-state index contributed by atoms with van der Waals surface area (Å²) in [5, 5.41) is 0.292. The number of carbonyl (C=O) groups is 1. The van der Waals surface area contributed by atoms with Crippen molar-refractivity contribution in [2.75, 3.05) is 12.4 Å². The van der Waals surface area contributed by atoms with Gasteiger partial charge in [-0.15, -0.1) is 11.8 Å². The molecular weight excluding hydrogens is 244 g/mol. The predicted octanol–water partition coefficient (Wildman–Crippen LogP) is 3.70. The van der Waals surface area contributed by atoms with Crippen molar-refractivity contribution in [3.63, 3.8) is 0 Å². The zero-order valence-corrected chi connectivity index (χ0v) is 11.0. The molecule has 0 radical (unpaired) electrons. The van der Waals surface area contributed by atoms with Crippen molar-refractivity contribution in [3.05, 3.63) is 34.9 Å². The van der Waals surface area contributed by atoms with Crippen molar-refractivity contribution >= 4 is 29.3 Å². The second-order valence-electron chi connectivity index (χ2n) is 3.11. The molecule has 0 aromatic heterocycles. The van der Waals surface area contributed by atoms with Gasteiger partial charge in [-0.2, -0.15) is 0 Å². The third-order valence-electron chi connectivity index (χ3n) is 2.02. The van der Waals surface area contributed by atoms with Gasteiger partial charge in [0, 0.05) is 5.02 Å². The fraction of sp³-hybridized carbons (Fsp3) is 0.417. The van der Waals surface area contributed by atoms with Crippen LogP contribution in [0.2, 0.25) is 5.02 Å². The molecule has 2 nitrogen and oxygen atoms in total. The zero-order valence-electron chi connectivity index (χ0n) is 9.40. The van der Waals surface area contributed by atoms with Crippen LogP contribution in [0.5, 0.6) is 0 Å². The van der Waals surface area contributed by atoms with E-state index in [4.69, 9.17) is 16.3 Å². The smallest absolute Gasteiger partial charge is 0.323 e. The summed E-state index contributed by atoms with van der Waals surface area (Å²) in [4.78, 5) is 11.8. The van der Waals surface area contributed by atoms with E-state index in [-0.39, 0.29) is 11.2 Å². The van der Waals surface area contributed by atoms with E-state index in [2.05, 4.69) is 0 Å². The van der Waals surface area contributed by atoms with E-state index in [9.17, 15) is 4.79 Å². The lowest BCUT2D eigenvalue weighted by atomic mass is 10.1. The largest absolute Gasteiger partial charge is 0.465 e. The fourth-order valence-electron chi connectivity index (χ4n) is 1.36. The fourth-order valence-corrected chi connectivity index (χ4v) is 2.59. The first-order chi connectivity index (χ1) is 7.70. The third kappa shape index (κ3) is 3.42. The molecular formula is C12H15ClO2S. The Morgan fingerprint density at radius 3 is 2.69 bits per heavy atom. The topological polar surface area (TPSA) is 26.3 Å². The maximum Gasteiger partial charge on any atom is 0.323 e. The van der Waals surface area contributed by atoms with E-state index in [1.54, 1.807) is 13.0 Å². The van der Waals surface area contributed by atoms with Crippen molar-refractivity contribution in [1.82, 2.24) is 0 Å². The molecule has 1 aromatic rings. The Morgan fingerprint density at radius 2 is 2.12 bits per heavy atom. The Balaban J connectivity index is 2.93. The molecule has 0 fully saturated rings. The average molecular weight is 259 g/mol. The Bertz CT molecular complexity index is 355. The molecule has 0 N–H and O–H groups in total. The summed E-state index contributed by atoms with van der Waals surface area (Å²) in [6, 6.07) is 7.39. The summed E-state index contributed by atoms with van der Waals surface area (Å²) >= 11 is 7.61. The van der Waals surface area contributed by atoms with Gasteiger partial charge >= 0.3 is 5.97 Å². The molecule has 0 saturated heterocycles. The van der Waals surface area contributed by atoms with Crippen molar-refractivity contribution in [2.45, 2.75) is 19.1 Å². The van der Waals surface area contributed by atoms with Gasteiger partial charge in [-0.05, 0) is 24.3 Å². The minimum absolute atomic E-state index is 0.220. The first kappa shape index (κ1) is 13.4. The maximum atomic E-state index is 11.8. The number of esters is 1. The van der Waals surface area contributed by atoms with Gasteiger partial charge in [-0.25, -0.2) is 0 Å². The van der Waals surface area contributed by atoms with E-state index in [0.717, 1.165) is 11.3 Å². The van der Waals surface area contributed by atoms with E-state index in [1.807, 2.05) is 25.1 Å². The lowest BCUT2D eigenvalue weighted by molar-refractivity contribution is -0.142. The third-order valence-corrected chi connectivity index (χ3v) is 3.48. The first-order valence-electron chi connectivity index (χ1n) is 5.23. The molecule has 0 spiro atoms. The number of benzene rings is 1. The molecule has 0 aliphatic carbocycles. The second-order valence-corrected chi connectivity index (χ2v) is 4.90. The van der Waals surface area contributed by atoms with Crippen LogP contribution in [-0.2, 0) is 9.53 Å². The van der Waals surface area contributed by atoms with Gasteiger partial charge in [-0.3, -0.25) is 4.79 Å². The van der Waals surface area contributed by atoms with Crippen LogP contribution in [0.15, 0.2) is 24.3 Å². The van der Waals surface area contributed by atoms with Gasteiger partial charge < -0.3 is 4.74 Å². The number of rotatable bonds is 5. The minimum Gasteiger partial charge on any atom is -0.465 e. The van der Waals surface area contributed by atoms with Crippen LogP contribution in [0, 0.1) is 0 Å². The van der Waals surface area contributed by atoms with Gasteiger partial charge in [0.25, 0.3) is 0 Å². The number of hydrogen-bond donors (Lipinski definition) is 0. The van der Waals surface area contributed by atoms with Crippen LogP contribution < -0.4 is 0 Å². The van der Waals surface area contributed by atoms with Crippen LogP contribution in [-0.4, -0.2) is 18.3 Å². The van der Waals surface area contributed by atoms with Crippen LogP contribution in [0.4, 0.5) is 0 Å². The van der Waals surface area contributed by atoms with Gasteiger partial charge in [0.1, 0.15) is 5.25 Å². The van der Waals surface area contributed by atoms with E-state index < -0.39 is 0 Å². The summed E-state index contributed by atoms with van der Waals surface area (Å²) in [6.45, 7) is 4.20. The Labute approximate surface area is 105 Å². The minimum atomic E-state index is -0.321. The SMILES string of the molecule is CCOC(=O)[C@@H](SCC)c1ccccc1Cl. The molecule has 0 heterocycles. The lowest BCUT2D eigenvalue weighted by Gasteiger charge is -2.15. The highest BCUT2D eigenvalue weighted by Crippen LogP contribution is 2.34. The second kappa shape index (κ2) is 6.81. The van der Waals surface area contributed by atoms with Gasteiger partial charge in [0.15, 0.2) is 0 Å². The van der Waals surface area contributed by atoms with Gasteiger partial charge in [0.2, 0.25) is 0 Å². The Kier molecular flexibility index (Phi) is 5.71. The molecule has 4 heteroatoms.